The van der Waals surface area contributed by atoms with Crippen molar-refractivity contribution >= 4 is 59.4 Å². The summed E-state index contributed by atoms with van der Waals surface area (Å²) in [5.74, 6) is 0. The van der Waals surface area contributed by atoms with Crippen molar-refractivity contribution in [2.75, 3.05) is 13.1 Å². The van der Waals surface area contributed by atoms with Gasteiger partial charge >= 0.3 is 51.4 Å². The van der Waals surface area contributed by atoms with Gasteiger partial charge in [0.2, 0.25) is 0 Å². The third kappa shape index (κ3) is 3.64. The van der Waals surface area contributed by atoms with Gasteiger partial charge in [-0.15, -0.1) is 0 Å². The molecule has 0 amide bonds. The Balaban J connectivity index is 0.000000490. The van der Waals surface area contributed by atoms with Crippen LogP contribution in [0, 0.1) is 0 Å². The third-order valence-electron chi connectivity index (χ3n) is 1.58. The van der Waals surface area contributed by atoms with Crippen LogP contribution in [0.1, 0.15) is 19.3 Å². The quantitative estimate of drug-likeness (QED) is 0.402. The van der Waals surface area contributed by atoms with Gasteiger partial charge in [0.05, 0.1) is 0 Å². The minimum absolute atomic E-state index is 0. The summed E-state index contributed by atoms with van der Waals surface area (Å²) in [5, 5.41) is 0. The summed E-state index contributed by atoms with van der Waals surface area (Å²) in [6.07, 6.45) is 4.28. The van der Waals surface area contributed by atoms with Crippen LogP contribution in [0.15, 0.2) is 0 Å². The molecule has 0 aromatic heterocycles. The van der Waals surface area contributed by atoms with Crippen LogP contribution in [0.25, 0.3) is 0 Å². The predicted molar refractivity (Wildman–Crippen MR) is 41.1 cm³/mol. The van der Waals surface area contributed by atoms with Crippen molar-refractivity contribution in [2.45, 2.75) is 19.3 Å². The molecule has 0 spiro atoms. The molecule has 1 fully saturated rings. The summed E-state index contributed by atoms with van der Waals surface area (Å²) in [5.41, 5.74) is 0. The standard InChI is InChI=1S/C5H12BN.K.H/c6-7-4-2-1-3-5-7;;/h1-6H2;;. The van der Waals surface area contributed by atoms with Crippen LogP contribution in [0.2, 0.25) is 0 Å². The van der Waals surface area contributed by atoms with Gasteiger partial charge in [-0.1, -0.05) is 6.42 Å². The van der Waals surface area contributed by atoms with Gasteiger partial charge in [0.1, 0.15) is 0 Å². The second kappa shape index (κ2) is 5.45. The van der Waals surface area contributed by atoms with E-state index in [1.54, 1.807) is 0 Å². The molecule has 1 aliphatic heterocycles. The molecule has 0 aromatic carbocycles. The van der Waals surface area contributed by atoms with Gasteiger partial charge in [0.25, 0.3) is 0 Å². The molecule has 1 heterocycles. The average Bonchev–Trinajstić information content (AvgIpc) is 1.69. The fraction of sp³-hybridized carbons (Fsp3) is 1.00. The summed E-state index contributed by atoms with van der Waals surface area (Å²) in [6, 6.07) is 0. The molecule has 3 heteroatoms. The molecule has 0 radical (unpaired) electrons. The van der Waals surface area contributed by atoms with Gasteiger partial charge < -0.3 is 4.81 Å². The molecule has 0 bridgehead atoms. The molecule has 0 unspecified atom stereocenters. The van der Waals surface area contributed by atoms with Crippen molar-refractivity contribution in [3.8, 4) is 0 Å². The van der Waals surface area contributed by atoms with E-state index in [2.05, 4.69) is 12.8 Å². The summed E-state index contributed by atoms with van der Waals surface area (Å²) in [7, 11) is 2.19. The molecule has 0 atom stereocenters. The van der Waals surface area contributed by atoms with Crippen molar-refractivity contribution in [1.82, 2.24) is 4.81 Å². The maximum absolute atomic E-state index is 2.39. The first-order chi connectivity index (χ1) is 3.39. The minimum atomic E-state index is 0. The van der Waals surface area contributed by atoms with E-state index < -0.39 is 0 Å². The van der Waals surface area contributed by atoms with Crippen LogP contribution in [0.5, 0.6) is 0 Å². The van der Waals surface area contributed by atoms with Crippen LogP contribution in [-0.4, -0.2) is 77.3 Å². The van der Waals surface area contributed by atoms with Gasteiger partial charge in [-0.2, -0.15) is 0 Å². The predicted octanol–water partition coefficient (Wildman–Crippen LogP) is -0.628. The number of piperidine rings is 1. The van der Waals surface area contributed by atoms with Gasteiger partial charge in [-0.25, -0.2) is 0 Å². The third-order valence-corrected chi connectivity index (χ3v) is 1.58. The van der Waals surface area contributed by atoms with Crippen molar-refractivity contribution in [3.63, 3.8) is 0 Å². The van der Waals surface area contributed by atoms with Gasteiger partial charge in [0, 0.05) is 0 Å². The van der Waals surface area contributed by atoms with Gasteiger partial charge in [-0.3, -0.25) is 0 Å². The van der Waals surface area contributed by atoms with E-state index in [4.69, 9.17) is 0 Å². The Morgan fingerprint density at radius 2 is 1.50 bits per heavy atom. The molecule has 1 rings (SSSR count). The molecule has 0 saturated carbocycles. The van der Waals surface area contributed by atoms with Gasteiger partial charge in [-0.05, 0) is 25.9 Å². The Bertz CT molecular complexity index is 54.4. The molecule has 0 N–H and O–H groups in total. The maximum atomic E-state index is 2.39. The monoisotopic (exact) mass is 137 g/mol. The second-order valence-corrected chi connectivity index (χ2v) is 2.36. The molecule has 0 aliphatic carbocycles. The van der Waals surface area contributed by atoms with E-state index in [9.17, 15) is 0 Å². The summed E-state index contributed by atoms with van der Waals surface area (Å²) < 4.78 is 0. The van der Waals surface area contributed by atoms with Crippen LogP contribution in [0.4, 0.5) is 0 Å². The number of hydrogen-bond acceptors (Lipinski definition) is 1. The topological polar surface area (TPSA) is 3.24 Å². The molecular formula is C5H13BKN. The Morgan fingerprint density at radius 1 is 1.00 bits per heavy atom. The van der Waals surface area contributed by atoms with E-state index in [-0.39, 0.29) is 51.4 Å². The molecule has 1 saturated heterocycles. The first kappa shape index (κ1) is 9.66. The van der Waals surface area contributed by atoms with Crippen molar-refractivity contribution in [3.05, 3.63) is 0 Å². The van der Waals surface area contributed by atoms with Crippen LogP contribution in [-0.2, 0) is 0 Å². The summed E-state index contributed by atoms with van der Waals surface area (Å²) >= 11 is 0. The van der Waals surface area contributed by atoms with Crippen LogP contribution >= 0.6 is 0 Å². The molecular weight excluding hydrogens is 124 g/mol. The van der Waals surface area contributed by atoms with Crippen molar-refractivity contribution in [2.24, 2.45) is 0 Å². The fourth-order valence-corrected chi connectivity index (χ4v) is 1.05. The number of rotatable bonds is 0. The molecule has 8 heavy (non-hydrogen) atoms. The number of nitrogens with zero attached hydrogens (tertiary/aromatic N) is 1. The molecule has 0 aromatic rings. The zero-order chi connectivity index (χ0) is 5.11. The molecule has 42 valence electrons. The Hall–Kier alpha value is 1.66. The summed E-state index contributed by atoms with van der Waals surface area (Å²) in [6.45, 7) is 2.64. The van der Waals surface area contributed by atoms with Crippen molar-refractivity contribution in [1.29, 1.82) is 0 Å². The van der Waals surface area contributed by atoms with E-state index in [1.807, 2.05) is 0 Å². The zero-order valence-corrected chi connectivity index (χ0v) is 4.98. The Morgan fingerprint density at radius 3 is 1.75 bits per heavy atom. The fourth-order valence-electron chi connectivity index (χ4n) is 1.05. The van der Waals surface area contributed by atoms with E-state index >= 15 is 0 Å². The normalized spacial score (nSPS) is 22.0. The van der Waals surface area contributed by atoms with E-state index in [0.717, 1.165) is 0 Å². The SMILES string of the molecule is BN1CCCCC1.[KH]. The molecule has 1 aliphatic rings. The number of hydrogen-bond donors (Lipinski definition) is 0. The van der Waals surface area contributed by atoms with E-state index in [1.165, 1.54) is 32.4 Å². The van der Waals surface area contributed by atoms with Crippen LogP contribution < -0.4 is 0 Å². The Labute approximate surface area is 95.1 Å². The first-order valence-corrected chi connectivity index (χ1v) is 3.08. The second-order valence-electron chi connectivity index (χ2n) is 2.36. The van der Waals surface area contributed by atoms with Crippen LogP contribution in [0.3, 0.4) is 0 Å². The molecule has 1 nitrogen and oxygen atoms in total. The average molecular weight is 137 g/mol. The van der Waals surface area contributed by atoms with E-state index in [0.29, 0.717) is 0 Å². The Kier molecular flexibility index (Phi) is 6.58. The first-order valence-electron chi connectivity index (χ1n) is 3.08. The van der Waals surface area contributed by atoms with Gasteiger partial charge in [0.15, 0.2) is 7.98 Å². The van der Waals surface area contributed by atoms with Crippen molar-refractivity contribution < 1.29 is 0 Å². The summed E-state index contributed by atoms with van der Waals surface area (Å²) in [4.78, 5) is 2.39. The zero-order valence-electron chi connectivity index (χ0n) is 4.98.